The topological polar surface area (TPSA) is 102 Å². The Balaban J connectivity index is 2.75. The van der Waals surface area contributed by atoms with Crippen molar-refractivity contribution in [3.8, 4) is 17.3 Å². The molecule has 1 heterocycles. The maximum absolute atomic E-state index is 9.19. The minimum atomic E-state index is 0.0449. The monoisotopic (exact) mass is 273 g/mol. The van der Waals surface area contributed by atoms with Gasteiger partial charge < -0.3 is 11.5 Å². The van der Waals surface area contributed by atoms with Gasteiger partial charge in [0.15, 0.2) is 0 Å². The highest BCUT2D eigenvalue weighted by atomic mass is 35.5. The molecule has 1 aromatic carbocycles. The Morgan fingerprint density at radius 2 is 2.05 bits per heavy atom. The number of benzene rings is 1. The molecule has 0 aliphatic rings. The lowest BCUT2D eigenvalue weighted by atomic mass is 9.99. The Bertz CT molecular complexity index is 675. The van der Waals surface area contributed by atoms with E-state index < -0.39 is 0 Å². The van der Waals surface area contributed by atoms with E-state index in [0.717, 1.165) is 17.5 Å². The van der Waals surface area contributed by atoms with Crippen molar-refractivity contribution in [3.05, 3.63) is 34.3 Å². The molecule has 0 amide bonds. The summed E-state index contributed by atoms with van der Waals surface area (Å²) in [4.78, 5) is 7.93. The molecule has 0 saturated carbocycles. The van der Waals surface area contributed by atoms with Crippen LogP contribution in [-0.2, 0) is 6.42 Å². The molecule has 0 unspecified atom stereocenters. The average molecular weight is 274 g/mol. The fourth-order valence-corrected chi connectivity index (χ4v) is 2.08. The van der Waals surface area contributed by atoms with Crippen molar-refractivity contribution < 1.29 is 0 Å². The van der Waals surface area contributed by atoms with Crippen LogP contribution in [0.25, 0.3) is 11.3 Å². The second-order valence-electron chi connectivity index (χ2n) is 3.96. The smallest absolute Gasteiger partial charge is 0.222 e. The number of nitrogen functional groups attached to an aromatic ring is 2. The SMILES string of the molecule is CCc1cc(Cl)ccc1-c1nc(N)nc(N)c1C#N. The molecule has 0 bridgehead atoms. The highest BCUT2D eigenvalue weighted by Gasteiger charge is 2.15. The number of nitrogens with zero attached hydrogens (tertiary/aromatic N) is 3. The minimum Gasteiger partial charge on any atom is -0.382 e. The van der Waals surface area contributed by atoms with Gasteiger partial charge in [-0.05, 0) is 24.1 Å². The van der Waals surface area contributed by atoms with E-state index in [1.807, 2.05) is 25.1 Å². The number of anilines is 2. The fourth-order valence-electron chi connectivity index (χ4n) is 1.89. The van der Waals surface area contributed by atoms with E-state index >= 15 is 0 Å². The van der Waals surface area contributed by atoms with Gasteiger partial charge in [0.05, 0.1) is 5.69 Å². The van der Waals surface area contributed by atoms with Crippen LogP contribution in [0, 0.1) is 11.3 Å². The Labute approximate surface area is 115 Å². The quantitative estimate of drug-likeness (QED) is 0.875. The predicted octanol–water partition coefficient (Wildman–Crippen LogP) is 2.40. The van der Waals surface area contributed by atoms with Crippen molar-refractivity contribution in [1.29, 1.82) is 5.26 Å². The molecule has 0 saturated heterocycles. The highest BCUT2D eigenvalue weighted by molar-refractivity contribution is 6.30. The van der Waals surface area contributed by atoms with Crippen molar-refractivity contribution in [3.63, 3.8) is 0 Å². The van der Waals surface area contributed by atoms with Crippen LogP contribution in [0.5, 0.6) is 0 Å². The minimum absolute atomic E-state index is 0.0449. The number of aromatic nitrogens is 2. The molecule has 19 heavy (non-hydrogen) atoms. The third kappa shape index (κ3) is 2.44. The zero-order chi connectivity index (χ0) is 14.0. The number of hydrogen-bond acceptors (Lipinski definition) is 5. The number of aryl methyl sites for hydroxylation is 1. The Morgan fingerprint density at radius 1 is 1.32 bits per heavy atom. The molecule has 0 aliphatic carbocycles. The molecular weight excluding hydrogens is 262 g/mol. The van der Waals surface area contributed by atoms with Crippen LogP contribution < -0.4 is 11.5 Å². The molecule has 0 radical (unpaired) electrons. The van der Waals surface area contributed by atoms with Gasteiger partial charge in [-0.25, -0.2) is 4.98 Å². The maximum Gasteiger partial charge on any atom is 0.222 e. The summed E-state index contributed by atoms with van der Waals surface area (Å²) in [6, 6.07) is 7.41. The average Bonchev–Trinajstić information content (AvgIpc) is 2.37. The van der Waals surface area contributed by atoms with Crippen molar-refractivity contribution in [1.82, 2.24) is 9.97 Å². The van der Waals surface area contributed by atoms with Gasteiger partial charge in [0.2, 0.25) is 5.95 Å². The first-order chi connectivity index (χ1) is 9.06. The van der Waals surface area contributed by atoms with Crippen LogP contribution in [0.4, 0.5) is 11.8 Å². The van der Waals surface area contributed by atoms with E-state index in [-0.39, 0.29) is 17.3 Å². The second kappa shape index (κ2) is 5.12. The molecule has 96 valence electrons. The lowest BCUT2D eigenvalue weighted by Crippen LogP contribution is -2.05. The Kier molecular flexibility index (Phi) is 3.54. The third-order valence-corrected chi connectivity index (χ3v) is 3.00. The van der Waals surface area contributed by atoms with Gasteiger partial charge in [0, 0.05) is 10.6 Å². The summed E-state index contributed by atoms with van der Waals surface area (Å²) < 4.78 is 0. The van der Waals surface area contributed by atoms with Gasteiger partial charge in [0.25, 0.3) is 0 Å². The van der Waals surface area contributed by atoms with E-state index in [0.29, 0.717) is 10.7 Å². The first kappa shape index (κ1) is 13.1. The van der Waals surface area contributed by atoms with Gasteiger partial charge in [-0.3, -0.25) is 0 Å². The third-order valence-electron chi connectivity index (χ3n) is 2.77. The maximum atomic E-state index is 9.19. The lowest BCUT2D eigenvalue weighted by Gasteiger charge is -2.11. The predicted molar refractivity (Wildman–Crippen MR) is 75.4 cm³/mol. The van der Waals surface area contributed by atoms with Crippen molar-refractivity contribution in [2.75, 3.05) is 11.5 Å². The summed E-state index contributed by atoms with van der Waals surface area (Å²) in [6.07, 6.45) is 0.755. The van der Waals surface area contributed by atoms with Gasteiger partial charge >= 0.3 is 0 Å². The number of nitrogens with two attached hydrogens (primary N) is 2. The standard InChI is InChI=1S/C13H12ClN5/c1-2-7-5-8(14)3-4-9(7)11-10(6-15)12(16)19-13(17)18-11/h3-5H,2H2,1H3,(H4,16,17,18,19). The molecule has 2 rings (SSSR count). The number of rotatable bonds is 2. The van der Waals surface area contributed by atoms with Crippen molar-refractivity contribution in [2.24, 2.45) is 0 Å². The summed E-state index contributed by atoms with van der Waals surface area (Å²) in [5.41, 5.74) is 13.8. The fraction of sp³-hybridized carbons (Fsp3) is 0.154. The zero-order valence-corrected chi connectivity index (χ0v) is 11.1. The van der Waals surface area contributed by atoms with Gasteiger partial charge in [-0.2, -0.15) is 10.2 Å². The van der Waals surface area contributed by atoms with E-state index in [4.69, 9.17) is 23.1 Å². The molecule has 2 aromatic rings. The molecule has 4 N–H and O–H groups in total. The molecule has 6 heteroatoms. The van der Waals surface area contributed by atoms with E-state index in [1.54, 1.807) is 6.07 Å². The first-order valence-corrected chi connectivity index (χ1v) is 6.06. The molecule has 0 aliphatic heterocycles. The molecule has 5 nitrogen and oxygen atoms in total. The van der Waals surface area contributed by atoms with E-state index in [2.05, 4.69) is 9.97 Å². The summed E-state index contributed by atoms with van der Waals surface area (Å²) >= 11 is 5.97. The summed E-state index contributed by atoms with van der Waals surface area (Å²) in [7, 11) is 0. The van der Waals surface area contributed by atoms with Gasteiger partial charge in [-0.1, -0.05) is 24.6 Å². The zero-order valence-electron chi connectivity index (χ0n) is 10.3. The van der Waals surface area contributed by atoms with Crippen molar-refractivity contribution in [2.45, 2.75) is 13.3 Å². The molecular formula is C13H12ClN5. The van der Waals surface area contributed by atoms with Crippen molar-refractivity contribution >= 4 is 23.4 Å². The lowest BCUT2D eigenvalue weighted by molar-refractivity contribution is 1.12. The van der Waals surface area contributed by atoms with Crippen LogP contribution in [-0.4, -0.2) is 9.97 Å². The second-order valence-corrected chi connectivity index (χ2v) is 4.39. The van der Waals surface area contributed by atoms with Gasteiger partial charge in [-0.15, -0.1) is 0 Å². The van der Waals surface area contributed by atoms with Crippen LogP contribution in [0.2, 0.25) is 5.02 Å². The van der Waals surface area contributed by atoms with E-state index in [9.17, 15) is 5.26 Å². The Hall–Kier alpha value is -2.32. The van der Waals surface area contributed by atoms with Crippen LogP contribution in [0.3, 0.4) is 0 Å². The summed E-state index contributed by atoms with van der Waals surface area (Å²) in [5.74, 6) is 0.130. The van der Waals surface area contributed by atoms with Gasteiger partial charge in [0.1, 0.15) is 17.5 Å². The number of halogens is 1. The molecule has 0 spiro atoms. The first-order valence-electron chi connectivity index (χ1n) is 5.68. The molecule has 0 atom stereocenters. The van der Waals surface area contributed by atoms with Crippen LogP contribution in [0.1, 0.15) is 18.1 Å². The largest absolute Gasteiger partial charge is 0.382 e. The molecule has 0 fully saturated rings. The number of hydrogen-bond donors (Lipinski definition) is 2. The van der Waals surface area contributed by atoms with Crippen LogP contribution in [0.15, 0.2) is 18.2 Å². The van der Waals surface area contributed by atoms with Crippen LogP contribution >= 0.6 is 11.6 Å². The van der Waals surface area contributed by atoms with E-state index in [1.165, 1.54) is 0 Å². The Morgan fingerprint density at radius 3 is 2.68 bits per heavy atom. The highest BCUT2D eigenvalue weighted by Crippen LogP contribution is 2.30. The number of nitriles is 1. The normalized spacial score (nSPS) is 10.2. The molecule has 1 aromatic heterocycles. The summed E-state index contributed by atoms with van der Waals surface area (Å²) in [5, 5.41) is 9.83. The summed E-state index contributed by atoms with van der Waals surface area (Å²) in [6.45, 7) is 2.00.